The van der Waals surface area contributed by atoms with Gasteiger partial charge in [-0.3, -0.25) is 4.79 Å². The highest BCUT2D eigenvalue weighted by molar-refractivity contribution is 9.09. The predicted octanol–water partition coefficient (Wildman–Crippen LogP) is 3.97. The van der Waals surface area contributed by atoms with Gasteiger partial charge in [0.25, 0.3) is 0 Å². The minimum Gasteiger partial charge on any atom is -0.387 e. The standard InChI is InChI=1S/C17H24BrNO/c18-10-8-15(20)16-14(12-4-2-1-3-5-12)7-6-13-9-11-19-17(13)16/h6-7,12,14,16,19H,1-5,8-11H2. The van der Waals surface area contributed by atoms with Gasteiger partial charge in [-0.1, -0.05) is 47.3 Å². The van der Waals surface area contributed by atoms with Crippen LogP contribution in [0, 0.1) is 17.8 Å². The van der Waals surface area contributed by atoms with Crippen molar-refractivity contribution >= 4 is 21.7 Å². The molecule has 1 N–H and O–H groups in total. The van der Waals surface area contributed by atoms with Crippen LogP contribution >= 0.6 is 15.9 Å². The molecule has 2 unspecified atom stereocenters. The Morgan fingerprint density at radius 1 is 1.30 bits per heavy atom. The molecular formula is C17H24BrNO. The molecule has 2 nitrogen and oxygen atoms in total. The number of allylic oxidation sites excluding steroid dienone is 3. The van der Waals surface area contributed by atoms with Gasteiger partial charge in [0.15, 0.2) is 0 Å². The van der Waals surface area contributed by atoms with Crippen molar-refractivity contribution in [2.24, 2.45) is 17.8 Å². The summed E-state index contributed by atoms with van der Waals surface area (Å²) in [6, 6.07) is 0. The van der Waals surface area contributed by atoms with Gasteiger partial charge in [0.1, 0.15) is 5.78 Å². The molecule has 1 saturated carbocycles. The number of nitrogens with one attached hydrogen (secondary N) is 1. The zero-order valence-electron chi connectivity index (χ0n) is 12.0. The third-order valence-electron chi connectivity index (χ3n) is 5.15. The average Bonchev–Trinajstić information content (AvgIpc) is 2.95. The summed E-state index contributed by atoms with van der Waals surface area (Å²) in [6.45, 7) is 1.00. The third kappa shape index (κ3) is 2.74. The van der Waals surface area contributed by atoms with Crippen LogP contribution in [0.25, 0.3) is 0 Å². The van der Waals surface area contributed by atoms with Crippen molar-refractivity contribution < 1.29 is 4.79 Å². The number of carbonyl (C=O) groups is 1. The molecule has 0 aromatic heterocycles. The van der Waals surface area contributed by atoms with E-state index in [0.29, 0.717) is 24.0 Å². The van der Waals surface area contributed by atoms with Gasteiger partial charge in [-0.15, -0.1) is 0 Å². The molecule has 0 amide bonds. The minimum atomic E-state index is 0.109. The molecule has 0 aromatic carbocycles. The second-order valence-corrected chi connectivity index (χ2v) is 7.13. The van der Waals surface area contributed by atoms with E-state index in [1.54, 1.807) is 0 Å². The largest absolute Gasteiger partial charge is 0.387 e. The van der Waals surface area contributed by atoms with E-state index in [2.05, 4.69) is 33.4 Å². The van der Waals surface area contributed by atoms with Gasteiger partial charge < -0.3 is 5.32 Å². The van der Waals surface area contributed by atoms with Crippen LogP contribution in [0.3, 0.4) is 0 Å². The van der Waals surface area contributed by atoms with Crippen molar-refractivity contribution in [3.05, 3.63) is 23.4 Å². The maximum Gasteiger partial charge on any atom is 0.143 e. The Morgan fingerprint density at radius 2 is 2.10 bits per heavy atom. The van der Waals surface area contributed by atoms with Crippen molar-refractivity contribution in [3.63, 3.8) is 0 Å². The van der Waals surface area contributed by atoms with Crippen LogP contribution in [0.15, 0.2) is 23.4 Å². The first-order chi connectivity index (χ1) is 9.81. The minimum absolute atomic E-state index is 0.109. The molecule has 1 fully saturated rings. The fourth-order valence-corrected chi connectivity index (χ4v) is 4.56. The quantitative estimate of drug-likeness (QED) is 0.786. The van der Waals surface area contributed by atoms with Crippen molar-refractivity contribution in [3.8, 4) is 0 Å². The molecule has 1 aliphatic heterocycles. The Morgan fingerprint density at radius 3 is 2.85 bits per heavy atom. The van der Waals surface area contributed by atoms with E-state index >= 15 is 0 Å². The average molecular weight is 338 g/mol. The van der Waals surface area contributed by atoms with Crippen LogP contribution in [-0.2, 0) is 4.79 Å². The molecule has 1 heterocycles. The first-order valence-corrected chi connectivity index (χ1v) is 9.17. The molecule has 3 aliphatic rings. The molecular weight excluding hydrogens is 314 g/mol. The fourth-order valence-electron chi connectivity index (χ4n) is 4.17. The fraction of sp³-hybridized carbons (Fsp3) is 0.706. The molecule has 0 saturated heterocycles. The summed E-state index contributed by atoms with van der Waals surface area (Å²) in [5.41, 5.74) is 2.64. The Kier molecular flexibility index (Phi) is 4.65. The molecule has 2 atom stereocenters. The molecule has 2 aliphatic carbocycles. The maximum atomic E-state index is 12.7. The second-order valence-electron chi connectivity index (χ2n) is 6.33. The summed E-state index contributed by atoms with van der Waals surface area (Å²) in [5.74, 6) is 1.67. The molecule has 0 radical (unpaired) electrons. The lowest BCUT2D eigenvalue weighted by Crippen LogP contribution is -2.36. The lowest BCUT2D eigenvalue weighted by molar-refractivity contribution is -0.123. The maximum absolute atomic E-state index is 12.7. The summed E-state index contributed by atoms with van der Waals surface area (Å²) >= 11 is 3.43. The van der Waals surface area contributed by atoms with Crippen LogP contribution in [0.4, 0.5) is 0 Å². The monoisotopic (exact) mass is 337 g/mol. The lowest BCUT2D eigenvalue weighted by Gasteiger charge is -2.36. The Labute approximate surface area is 130 Å². The van der Waals surface area contributed by atoms with Crippen LogP contribution in [0.5, 0.6) is 0 Å². The van der Waals surface area contributed by atoms with E-state index < -0.39 is 0 Å². The van der Waals surface area contributed by atoms with E-state index in [4.69, 9.17) is 0 Å². The molecule has 0 aromatic rings. The Bertz CT molecular complexity index is 434. The van der Waals surface area contributed by atoms with Crippen molar-refractivity contribution in [1.29, 1.82) is 0 Å². The summed E-state index contributed by atoms with van der Waals surface area (Å²) in [6.07, 6.45) is 13.1. The number of ketones is 1. The molecule has 0 bridgehead atoms. The van der Waals surface area contributed by atoms with Gasteiger partial charge in [0, 0.05) is 24.0 Å². The highest BCUT2D eigenvalue weighted by atomic mass is 79.9. The molecule has 0 spiro atoms. The number of rotatable bonds is 4. The van der Waals surface area contributed by atoms with E-state index in [0.717, 1.165) is 18.3 Å². The number of halogens is 1. The van der Waals surface area contributed by atoms with Gasteiger partial charge >= 0.3 is 0 Å². The second kappa shape index (κ2) is 6.46. The van der Waals surface area contributed by atoms with Crippen molar-refractivity contribution in [1.82, 2.24) is 5.32 Å². The van der Waals surface area contributed by atoms with Gasteiger partial charge in [0.05, 0.1) is 5.92 Å². The SMILES string of the molecule is O=C(CCBr)C1C2=C(C=CC1C1CCCCC1)CCN2. The van der Waals surface area contributed by atoms with Gasteiger partial charge in [-0.25, -0.2) is 0 Å². The van der Waals surface area contributed by atoms with E-state index in [9.17, 15) is 4.79 Å². The summed E-state index contributed by atoms with van der Waals surface area (Å²) in [4.78, 5) is 12.7. The smallest absolute Gasteiger partial charge is 0.143 e. The topological polar surface area (TPSA) is 29.1 Å². The number of hydrogen-bond donors (Lipinski definition) is 1. The summed E-state index contributed by atoms with van der Waals surface area (Å²) in [7, 11) is 0. The van der Waals surface area contributed by atoms with Crippen LogP contribution in [0.1, 0.15) is 44.9 Å². The first-order valence-electron chi connectivity index (χ1n) is 8.05. The normalized spacial score (nSPS) is 30.2. The molecule has 20 heavy (non-hydrogen) atoms. The van der Waals surface area contributed by atoms with Crippen molar-refractivity contribution in [2.45, 2.75) is 44.9 Å². The number of Topliss-reactive ketones (excluding diaryl/α,β-unsaturated/α-hetero) is 1. The van der Waals surface area contributed by atoms with Gasteiger partial charge in [0.2, 0.25) is 0 Å². The zero-order chi connectivity index (χ0) is 13.9. The predicted molar refractivity (Wildman–Crippen MR) is 85.8 cm³/mol. The van der Waals surface area contributed by atoms with E-state index in [1.165, 1.54) is 43.4 Å². The van der Waals surface area contributed by atoms with Crippen LogP contribution < -0.4 is 5.32 Å². The van der Waals surface area contributed by atoms with Gasteiger partial charge in [-0.2, -0.15) is 0 Å². The summed E-state index contributed by atoms with van der Waals surface area (Å²) in [5, 5.41) is 4.29. The number of hydrogen-bond acceptors (Lipinski definition) is 2. The molecule has 110 valence electrons. The molecule has 3 heteroatoms. The number of alkyl halides is 1. The first kappa shape index (κ1) is 14.4. The Balaban J connectivity index is 1.84. The van der Waals surface area contributed by atoms with E-state index in [1.807, 2.05) is 0 Å². The van der Waals surface area contributed by atoms with Crippen LogP contribution in [0.2, 0.25) is 0 Å². The van der Waals surface area contributed by atoms with Crippen LogP contribution in [-0.4, -0.2) is 17.7 Å². The highest BCUT2D eigenvalue weighted by Gasteiger charge is 2.39. The zero-order valence-corrected chi connectivity index (χ0v) is 13.6. The summed E-state index contributed by atoms with van der Waals surface area (Å²) < 4.78 is 0. The Hall–Kier alpha value is -0.570. The van der Waals surface area contributed by atoms with Crippen molar-refractivity contribution in [2.75, 3.05) is 11.9 Å². The number of carbonyl (C=O) groups excluding carboxylic acids is 1. The lowest BCUT2D eigenvalue weighted by atomic mass is 9.69. The molecule has 3 rings (SSSR count). The van der Waals surface area contributed by atoms with Gasteiger partial charge in [-0.05, 0) is 36.7 Å². The highest BCUT2D eigenvalue weighted by Crippen LogP contribution is 2.42. The van der Waals surface area contributed by atoms with E-state index in [-0.39, 0.29) is 5.92 Å². The third-order valence-corrected chi connectivity index (χ3v) is 5.55.